The molecule has 3 saturated carbocycles. The number of ether oxygens (including phenoxy) is 1. The highest BCUT2D eigenvalue weighted by Crippen LogP contribution is 2.45. The van der Waals surface area contributed by atoms with Crippen LogP contribution in [0.2, 0.25) is 0 Å². The van der Waals surface area contributed by atoms with Crippen molar-refractivity contribution in [2.45, 2.75) is 110 Å². The Bertz CT molecular complexity index is 845. The van der Waals surface area contributed by atoms with E-state index in [9.17, 15) is 14.0 Å². The molecule has 7 heteroatoms. The summed E-state index contributed by atoms with van der Waals surface area (Å²) in [5, 5.41) is 12.3. The van der Waals surface area contributed by atoms with Crippen LogP contribution in [-0.2, 0) is 14.3 Å². The first-order valence-electron chi connectivity index (χ1n) is 14.8. The fourth-order valence-corrected chi connectivity index (χ4v) is 7.73. The maximum atomic E-state index is 14.9. The maximum Gasteiger partial charge on any atom is 0.329 e. The molecule has 2 N–H and O–H groups in total. The van der Waals surface area contributed by atoms with Crippen molar-refractivity contribution in [1.29, 1.82) is 0 Å². The zero-order valence-electron chi connectivity index (χ0n) is 23.4. The average Bonchev–Trinajstić information content (AvgIpc) is 3.12. The third kappa shape index (κ3) is 6.88. The van der Waals surface area contributed by atoms with Crippen LogP contribution in [0.1, 0.15) is 91.9 Å². The molecule has 0 aromatic rings. The van der Waals surface area contributed by atoms with Crippen LogP contribution in [0, 0.1) is 35.5 Å². The van der Waals surface area contributed by atoms with E-state index in [1.807, 2.05) is 0 Å². The van der Waals surface area contributed by atoms with Gasteiger partial charge in [0.25, 0.3) is 0 Å². The molecule has 1 amide bonds. The first-order chi connectivity index (χ1) is 17.6. The van der Waals surface area contributed by atoms with Gasteiger partial charge < -0.3 is 20.1 Å². The number of carbonyl (C=O) groups excluding carboxylic acids is 1. The fourth-order valence-electron chi connectivity index (χ4n) is 7.73. The minimum Gasteiger partial charge on any atom is -0.480 e. The van der Waals surface area contributed by atoms with Gasteiger partial charge in [-0.3, -0.25) is 4.79 Å². The predicted octanol–water partition coefficient (Wildman–Crippen LogP) is 5.57. The van der Waals surface area contributed by atoms with Gasteiger partial charge in [0.1, 0.15) is 12.8 Å². The van der Waals surface area contributed by atoms with Gasteiger partial charge in [-0.1, -0.05) is 26.7 Å². The monoisotopic (exact) mass is 520 g/mol. The summed E-state index contributed by atoms with van der Waals surface area (Å²) in [6, 6.07) is 0.335. The number of nitrogens with one attached hydrogen (secondary N) is 1. The molecule has 0 aromatic heterocycles. The standard InChI is InChI=1S/C30H49FN2O4/c1-18(2)22-7-5-6-21(12-22)15-32-30(36)23-8-11-28-26(14-23)19(3)20(4)33(28)16-24-13-25(9-10-27(24)31)37-17-29(34)35/h18,21-28H,5-17H2,1-4H3,(H,32,36)(H,34,35). The van der Waals surface area contributed by atoms with Gasteiger partial charge in [-0.2, -0.15) is 0 Å². The highest BCUT2D eigenvalue weighted by molar-refractivity contribution is 5.78. The second-order valence-electron chi connectivity index (χ2n) is 12.8. The SMILES string of the molecule is CC1=C(C)N(CC2CC(OCC(=O)O)CCC2F)C2CCC(C(=O)NCC3CCCC(C(C)C)C3)CC12. The summed E-state index contributed by atoms with van der Waals surface area (Å²) in [7, 11) is 0. The molecule has 0 spiro atoms. The Morgan fingerprint density at radius 1 is 1.08 bits per heavy atom. The highest BCUT2D eigenvalue weighted by atomic mass is 19.1. The van der Waals surface area contributed by atoms with E-state index in [0.29, 0.717) is 43.7 Å². The number of amides is 1. The van der Waals surface area contributed by atoms with Crippen molar-refractivity contribution in [2.24, 2.45) is 35.5 Å². The normalized spacial score (nSPS) is 36.5. The second kappa shape index (κ2) is 12.5. The van der Waals surface area contributed by atoms with Crippen LogP contribution in [0.3, 0.4) is 0 Å². The van der Waals surface area contributed by atoms with E-state index in [4.69, 9.17) is 9.84 Å². The lowest BCUT2D eigenvalue weighted by Gasteiger charge is -2.41. The zero-order valence-corrected chi connectivity index (χ0v) is 23.4. The number of allylic oxidation sites excluding steroid dienone is 1. The van der Waals surface area contributed by atoms with E-state index in [-0.39, 0.29) is 30.5 Å². The number of fused-ring (bicyclic) bond motifs is 1. The van der Waals surface area contributed by atoms with Crippen molar-refractivity contribution in [2.75, 3.05) is 19.7 Å². The van der Waals surface area contributed by atoms with Crippen LogP contribution in [0.4, 0.5) is 4.39 Å². The Labute approximate surface area is 222 Å². The number of hydrogen-bond donors (Lipinski definition) is 2. The lowest BCUT2D eigenvalue weighted by atomic mass is 9.75. The number of carbonyl (C=O) groups is 2. The molecular formula is C30H49FN2O4. The predicted molar refractivity (Wildman–Crippen MR) is 143 cm³/mol. The number of alkyl halides is 1. The molecule has 210 valence electrons. The van der Waals surface area contributed by atoms with Gasteiger partial charge in [0.05, 0.1) is 6.10 Å². The summed E-state index contributed by atoms with van der Waals surface area (Å²) < 4.78 is 20.5. The van der Waals surface area contributed by atoms with E-state index in [2.05, 4.69) is 37.9 Å². The Kier molecular flexibility index (Phi) is 9.58. The molecule has 37 heavy (non-hydrogen) atoms. The molecule has 4 aliphatic rings. The van der Waals surface area contributed by atoms with Gasteiger partial charge in [-0.15, -0.1) is 0 Å². The number of nitrogens with zero attached hydrogens (tertiary/aromatic N) is 1. The topological polar surface area (TPSA) is 78.9 Å². The molecule has 0 radical (unpaired) electrons. The maximum absolute atomic E-state index is 14.9. The molecule has 8 unspecified atom stereocenters. The van der Waals surface area contributed by atoms with Crippen LogP contribution < -0.4 is 5.32 Å². The fraction of sp³-hybridized carbons (Fsp3) is 0.867. The number of aliphatic carboxylic acids is 1. The molecule has 0 saturated heterocycles. The average molecular weight is 521 g/mol. The summed E-state index contributed by atoms with van der Waals surface area (Å²) in [6.07, 6.45) is 8.32. The summed E-state index contributed by atoms with van der Waals surface area (Å²) in [5.74, 6) is 1.63. The van der Waals surface area contributed by atoms with Crippen LogP contribution >= 0.6 is 0 Å². The van der Waals surface area contributed by atoms with E-state index in [0.717, 1.165) is 37.6 Å². The molecule has 4 rings (SSSR count). The molecule has 3 aliphatic carbocycles. The van der Waals surface area contributed by atoms with Crippen LogP contribution in [0.25, 0.3) is 0 Å². The zero-order chi connectivity index (χ0) is 26.7. The molecule has 8 atom stereocenters. The van der Waals surface area contributed by atoms with Gasteiger partial charge in [-0.05, 0) is 88.5 Å². The van der Waals surface area contributed by atoms with E-state index in [1.165, 1.54) is 37.0 Å². The molecule has 3 fully saturated rings. The summed E-state index contributed by atoms with van der Waals surface area (Å²) in [6.45, 7) is 10.1. The van der Waals surface area contributed by atoms with Crippen molar-refractivity contribution in [3.63, 3.8) is 0 Å². The van der Waals surface area contributed by atoms with Gasteiger partial charge in [0.15, 0.2) is 0 Å². The summed E-state index contributed by atoms with van der Waals surface area (Å²) in [4.78, 5) is 26.5. The minimum atomic E-state index is -0.977. The molecule has 0 aromatic carbocycles. The number of hydrogen-bond acceptors (Lipinski definition) is 4. The van der Waals surface area contributed by atoms with Crippen molar-refractivity contribution in [3.05, 3.63) is 11.3 Å². The smallest absolute Gasteiger partial charge is 0.329 e. The van der Waals surface area contributed by atoms with Crippen molar-refractivity contribution in [1.82, 2.24) is 10.2 Å². The third-order valence-electron chi connectivity index (χ3n) is 10.2. The third-order valence-corrected chi connectivity index (χ3v) is 10.2. The number of rotatable bonds is 9. The van der Waals surface area contributed by atoms with Crippen molar-refractivity contribution < 1.29 is 23.8 Å². The summed E-state index contributed by atoms with van der Waals surface area (Å²) >= 11 is 0. The van der Waals surface area contributed by atoms with Crippen LogP contribution in [0.15, 0.2) is 11.3 Å². The van der Waals surface area contributed by atoms with Gasteiger partial charge >= 0.3 is 5.97 Å². The number of carboxylic acids is 1. The largest absolute Gasteiger partial charge is 0.480 e. The first kappa shape index (κ1) is 28.4. The quantitative estimate of drug-likeness (QED) is 0.416. The van der Waals surface area contributed by atoms with Gasteiger partial charge in [0.2, 0.25) is 5.91 Å². The Hall–Kier alpha value is -1.63. The lowest BCUT2D eigenvalue weighted by molar-refractivity contribution is -0.145. The van der Waals surface area contributed by atoms with Crippen molar-refractivity contribution >= 4 is 11.9 Å². The van der Waals surface area contributed by atoms with Gasteiger partial charge in [0, 0.05) is 42.6 Å². The molecule has 6 nitrogen and oxygen atoms in total. The number of carboxylic acid groups (broad SMARTS) is 1. The Morgan fingerprint density at radius 3 is 2.59 bits per heavy atom. The van der Waals surface area contributed by atoms with E-state index < -0.39 is 12.1 Å². The minimum absolute atomic E-state index is 0.0610. The van der Waals surface area contributed by atoms with Crippen LogP contribution in [-0.4, -0.2) is 59.9 Å². The van der Waals surface area contributed by atoms with Crippen molar-refractivity contribution in [3.8, 4) is 0 Å². The van der Waals surface area contributed by atoms with Gasteiger partial charge in [-0.25, -0.2) is 9.18 Å². The highest BCUT2D eigenvalue weighted by Gasteiger charge is 2.44. The first-order valence-corrected chi connectivity index (χ1v) is 14.8. The number of halogens is 1. The van der Waals surface area contributed by atoms with Crippen LogP contribution in [0.5, 0.6) is 0 Å². The molecule has 1 heterocycles. The molecule has 1 aliphatic heterocycles. The molecular weight excluding hydrogens is 471 g/mol. The van der Waals surface area contributed by atoms with E-state index >= 15 is 0 Å². The second-order valence-corrected chi connectivity index (χ2v) is 12.8. The lowest BCUT2D eigenvalue weighted by Crippen LogP contribution is -2.46. The summed E-state index contributed by atoms with van der Waals surface area (Å²) in [5.41, 5.74) is 2.58. The Balaban J connectivity index is 1.30. The molecule has 0 bridgehead atoms. The van der Waals surface area contributed by atoms with E-state index in [1.54, 1.807) is 0 Å². The Morgan fingerprint density at radius 2 is 1.86 bits per heavy atom.